The van der Waals surface area contributed by atoms with Gasteiger partial charge in [0, 0.05) is 36.1 Å². The fraction of sp³-hybridized carbons (Fsp3) is 0.389. The van der Waals surface area contributed by atoms with E-state index in [2.05, 4.69) is 4.74 Å². The van der Waals surface area contributed by atoms with Crippen LogP contribution in [-0.4, -0.2) is 64.2 Å². The van der Waals surface area contributed by atoms with Gasteiger partial charge in [-0.1, -0.05) is 6.07 Å². The number of hydrogen-bond acceptors (Lipinski definition) is 6. The van der Waals surface area contributed by atoms with Gasteiger partial charge in [0.05, 0.1) is 6.61 Å². The number of benzene rings is 1. The van der Waals surface area contributed by atoms with Crippen molar-refractivity contribution in [2.24, 2.45) is 0 Å². The molecular formula is C18H17F3N2O7. The van der Waals surface area contributed by atoms with Crippen LogP contribution >= 0.6 is 0 Å². The maximum absolute atomic E-state index is 12.8. The lowest BCUT2D eigenvalue weighted by Crippen LogP contribution is -2.55. The number of aromatic hydroxyl groups is 1. The maximum atomic E-state index is 12.8. The minimum absolute atomic E-state index is 0.0251. The van der Waals surface area contributed by atoms with Crippen molar-refractivity contribution < 1.29 is 47.2 Å². The van der Waals surface area contributed by atoms with E-state index >= 15 is 0 Å². The Balaban J connectivity index is 1.92. The third-order valence-electron chi connectivity index (χ3n) is 4.44. The van der Waals surface area contributed by atoms with E-state index in [4.69, 9.17) is 4.74 Å². The number of aliphatic carboxylic acids is 1. The molecule has 162 valence electrons. The van der Waals surface area contributed by atoms with Crippen molar-refractivity contribution in [2.75, 3.05) is 18.1 Å². The number of carbonyl (C=O) groups excluding carboxylic acids is 2. The van der Waals surface area contributed by atoms with Gasteiger partial charge in [0.15, 0.2) is 12.0 Å². The molecule has 1 saturated heterocycles. The van der Waals surface area contributed by atoms with Gasteiger partial charge in [-0.3, -0.25) is 9.59 Å². The van der Waals surface area contributed by atoms with E-state index in [1.807, 2.05) is 0 Å². The Labute approximate surface area is 167 Å². The number of hydrogen-bond donors (Lipinski definition) is 2. The Kier molecular flexibility index (Phi) is 5.61. The van der Waals surface area contributed by atoms with Gasteiger partial charge in [-0.25, -0.2) is 4.79 Å². The Bertz CT molecular complexity index is 1000. The SMILES string of the molecule is CC(=O)O[C@@H](C(=O)O)[C@H]1OCCN(c2ccc3cn(CC(F)(F)F)c(O)c3c2)C1=O. The van der Waals surface area contributed by atoms with Crippen molar-refractivity contribution in [1.29, 1.82) is 0 Å². The van der Waals surface area contributed by atoms with Crippen molar-refractivity contribution in [1.82, 2.24) is 4.57 Å². The number of halogens is 3. The average molecular weight is 430 g/mol. The monoisotopic (exact) mass is 430 g/mol. The number of esters is 1. The molecule has 1 fully saturated rings. The maximum Gasteiger partial charge on any atom is 0.406 e. The van der Waals surface area contributed by atoms with Crippen LogP contribution < -0.4 is 4.90 Å². The zero-order valence-corrected chi connectivity index (χ0v) is 15.5. The van der Waals surface area contributed by atoms with Gasteiger partial charge in [-0.2, -0.15) is 13.2 Å². The number of amides is 1. The van der Waals surface area contributed by atoms with Crippen LogP contribution in [0.4, 0.5) is 18.9 Å². The molecule has 1 aliphatic rings. The zero-order valence-electron chi connectivity index (χ0n) is 15.5. The van der Waals surface area contributed by atoms with Crippen LogP contribution in [0.3, 0.4) is 0 Å². The number of alkyl halides is 3. The molecule has 1 aliphatic heterocycles. The molecule has 0 saturated carbocycles. The Hall–Kier alpha value is -3.28. The number of carboxylic acid groups (broad SMARTS) is 1. The van der Waals surface area contributed by atoms with Gasteiger partial charge in [-0.05, 0) is 12.1 Å². The summed E-state index contributed by atoms with van der Waals surface area (Å²) in [6.07, 6.45) is -6.86. The molecule has 0 aliphatic carbocycles. The zero-order chi connectivity index (χ0) is 22.2. The fourth-order valence-electron chi connectivity index (χ4n) is 3.22. The van der Waals surface area contributed by atoms with Crippen LogP contribution in [0.5, 0.6) is 5.88 Å². The number of nitrogens with zero attached hydrogens (tertiary/aromatic N) is 2. The molecule has 1 aromatic carbocycles. The van der Waals surface area contributed by atoms with Crippen molar-refractivity contribution in [3.63, 3.8) is 0 Å². The molecule has 0 spiro atoms. The summed E-state index contributed by atoms with van der Waals surface area (Å²) in [5, 5.41) is 19.8. The van der Waals surface area contributed by atoms with Crippen LogP contribution in [0.2, 0.25) is 0 Å². The molecule has 1 aromatic heterocycles. The van der Waals surface area contributed by atoms with Gasteiger partial charge < -0.3 is 29.2 Å². The second-order valence-corrected chi connectivity index (χ2v) is 6.62. The second-order valence-electron chi connectivity index (χ2n) is 6.62. The van der Waals surface area contributed by atoms with Gasteiger partial charge in [0.25, 0.3) is 5.91 Å². The van der Waals surface area contributed by atoms with Gasteiger partial charge >= 0.3 is 18.1 Å². The molecule has 0 bridgehead atoms. The molecule has 2 atom stereocenters. The quantitative estimate of drug-likeness (QED) is 0.693. The first-order chi connectivity index (χ1) is 14.0. The summed E-state index contributed by atoms with van der Waals surface area (Å²) in [6.45, 7) is -0.439. The molecule has 3 rings (SSSR count). The molecule has 2 heterocycles. The molecule has 2 aromatic rings. The summed E-state index contributed by atoms with van der Waals surface area (Å²) in [6, 6.07) is 4.19. The number of aromatic nitrogens is 1. The predicted molar refractivity (Wildman–Crippen MR) is 94.9 cm³/mol. The highest BCUT2D eigenvalue weighted by Gasteiger charge is 2.42. The molecule has 0 radical (unpaired) electrons. The van der Waals surface area contributed by atoms with Crippen LogP contribution in [0.25, 0.3) is 10.8 Å². The van der Waals surface area contributed by atoms with Gasteiger partial charge in [-0.15, -0.1) is 0 Å². The van der Waals surface area contributed by atoms with Crippen molar-refractivity contribution in [2.45, 2.75) is 31.9 Å². The van der Waals surface area contributed by atoms with Gasteiger partial charge in [0.2, 0.25) is 6.10 Å². The summed E-state index contributed by atoms with van der Waals surface area (Å²) in [4.78, 5) is 36.5. The Morgan fingerprint density at radius 2 is 2.07 bits per heavy atom. The van der Waals surface area contributed by atoms with E-state index in [0.29, 0.717) is 9.95 Å². The highest BCUT2D eigenvalue weighted by atomic mass is 19.4. The molecule has 2 N–H and O–H groups in total. The predicted octanol–water partition coefficient (Wildman–Crippen LogP) is 1.66. The summed E-state index contributed by atoms with van der Waals surface area (Å²) in [5.74, 6) is -3.90. The summed E-state index contributed by atoms with van der Waals surface area (Å²) in [5.41, 5.74) is 0.216. The van der Waals surface area contributed by atoms with Crippen LogP contribution in [0.1, 0.15) is 6.92 Å². The highest BCUT2D eigenvalue weighted by molar-refractivity contribution is 6.02. The van der Waals surface area contributed by atoms with E-state index in [9.17, 15) is 37.8 Å². The third kappa shape index (κ3) is 4.32. The minimum Gasteiger partial charge on any atom is -0.494 e. The second kappa shape index (κ2) is 7.86. The summed E-state index contributed by atoms with van der Waals surface area (Å²) in [7, 11) is 0. The molecule has 9 nitrogen and oxygen atoms in total. The highest BCUT2D eigenvalue weighted by Crippen LogP contribution is 2.34. The van der Waals surface area contributed by atoms with E-state index in [-0.39, 0.29) is 24.2 Å². The summed E-state index contributed by atoms with van der Waals surface area (Å²) < 4.78 is 48.5. The van der Waals surface area contributed by atoms with E-state index < -0.39 is 48.7 Å². The normalized spacial score (nSPS) is 18.5. The fourth-order valence-corrected chi connectivity index (χ4v) is 3.22. The molecule has 30 heavy (non-hydrogen) atoms. The van der Waals surface area contributed by atoms with E-state index in [0.717, 1.165) is 18.0 Å². The standard InChI is InChI=1S/C18H17F3N2O7/c1-9(24)30-14(17(27)28)13-16(26)23(4-5-29-13)11-3-2-10-7-22(8-18(19,20)21)15(25)12(10)6-11/h2-3,6-7,13-14,25H,4-5,8H2,1H3,(H,27,28)/t13-,14-/m1/s1. The van der Waals surface area contributed by atoms with Crippen molar-refractivity contribution in [3.05, 3.63) is 24.4 Å². The average Bonchev–Trinajstić information content (AvgIpc) is 2.93. The lowest BCUT2D eigenvalue weighted by atomic mass is 10.1. The topological polar surface area (TPSA) is 118 Å². The molecule has 12 heteroatoms. The van der Waals surface area contributed by atoms with Crippen LogP contribution in [0.15, 0.2) is 24.4 Å². The Morgan fingerprint density at radius 1 is 1.37 bits per heavy atom. The summed E-state index contributed by atoms with van der Waals surface area (Å²) >= 11 is 0. The Morgan fingerprint density at radius 3 is 2.67 bits per heavy atom. The number of anilines is 1. The lowest BCUT2D eigenvalue weighted by Gasteiger charge is -2.34. The minimum atomic E-state index is -4.54. The van der Waals surface area contributed by atoms with Crippen LogP contribution in [-0.2, 0) is 30.4 Å². The number of ether oxygens (including phenoxy) is 2. The molecular weight excluding hydrogens is 413 g/mol. The first kappa shape index (κ1) is 21.4. The number of morpholine rings is 1. The molecule has 0 unspecified atom stereocenters. The van der Waals surface area contributed by atoms with Crippen LogP contribution in [0, 0.1) is 0 Å². The first-order valence-electron chi connectivity index (χ1n) is 8.69. The third-order valence-corrected chi connectivity index (χ3v) is 4.44. The van der Waals surface area contributed by atoms with Gasteiger partial charge in [0.1, 0.15) is 6.54 Å². The number of carboxylic acids is 1. The number of carbonyl (C=O) groups is 3. The van der Waals surface area contributed by atoms with Crippen molar-refractivity contribution in [3.8, 4) is 5.88 Å². The first-order valence-corrected chi connectivity index (χ1v) is 8.69. The largest absolute Gasteiger partial charge is 0.494 e. The van der Waals surface area contributed by atoms with E-state index in [1.54, 1.807) is 0 Å². The number of fused-ring (bicyclic) bond motifs is 1. The van der Waals surface area contributed by atoms with Crippen molar-refractivity contribution >= 4 is 34.3 Å². The number of rotatable bonds is 5. The lowest BCUT2D eigenvalue weighted by molar-refractivity contribution is -0.177. The smallest absolute Gasteiger partial charge is 0.406 e. The molecule has 1 amide bonds. The van der Waals surface area contributed by atoms with E-state index in [1.165, 1.54) is 18.2 Å².